The number of ether oxygens (including phenoxy) is 1. The summed E-state index contributed by atoms with van der Waals surface area (Å²) < 4.78 is 18.5. The maximum Gasteiger partial charge on any atom is 0.124 e. The normalized spacial score (nSPS) is 12.5. The first-order valence-corrected chi connectivity index (χ1v) is 6.75. The minimum absolute atomic E-state index is 0.0947. The Hall–Kier alpha value is -1.58. The molecule has 2 aromatic carbocycles. The average Bonchev–Trinajstić information content (AvgIpc) is 2.38. The summed E-state index contributed by atoms with van der Waals surface area (Å²) in [6.45, 7) is 3.89. The van der Waals surface area contributed by atoms with Gasteiger partial charge in [0.1, 0.15) is 17.7 Å². The lowest BCUT2D eigenvalue weighted by Gasteiger charge is -2.15. The molecule has 1 N–H and O–H groups in total. The van der Waals surface area contributed by atoms with Crippen LogP contribution in [0.2, 0.25) is 5.02 Å². The Bertz CT molecular complexity index is 582. The van der Waals surface area contributed by atoms with Crippen molar-refractivity contribution in [3.8, 4) is 5.75 Å². The molecule has 0 aliphatic rings. The Morgan fingerprint density at radius 2 is 1.75 bits per heavy atom. The molecular formula is C16H16ClFO2. The largest absolute Gasteiger partial charge is 0.491 e. The van der Waals surface area contributed by atoms with E-state index in [-0.39, 0.29) is 11.1 Å². The summed E-state index contributed by atoms with van der Waals surface area (Å²) >= 11 is 5.95. The highest BCUT2D eigenvalue weighted by Gasteiger charge is 2.14. The molecule has 106 valence electrons. The van der Waals surface area contributed by atoms with Gasteiger partial charge in [-0.1, -0.05) is 29.8 Å². The second kappa shape index (κ2) is 6.25. The standard InChI is InChI=1S/C16H16ClFO2/c1-10(2)20-13-6-3-11(4-7-13)16(19)14-8-5-12(18)9-15(14)17/h3-10,16,19H,1-2H3. The number of aliphatic hydroxyl groups excluding tert-OH is 1. The molecule has 0 bridgehead atoms. The van der Waals surface area contributed by atoms with E-state index in [0.717, 1.165) is 5.75 Å². The monoisotopic (exact) mass is 294 g/mol. The van der Waals surface area contributed by atoms with Crippen molar-refractivity contribution in [3.05, 3.63) is 64.4 Å². The van der Waals surface area contributed by atoms with Crippen LogP contribution < -0.4 is 4.74 Å². The van der Waals surface area contributed by atoms with Crippen LogP contribution in [0, 0.1) is 5.82 Å². The van der Waals surface area contributed by atoms with Crippen LogP contribution >= 0.6 is 11.6 Å². The molecule has 0 fully saturated rings. The van der Waals surface area contributed by atoms with Crippen LogP contribution in [0.3, 0.4) is 0 Å². The third-order valence-corrected chi connectivity index (χ3v) is 3.15. The van der Waals surface area contributed by atoms with Crippen molar-refractivity contribution in [3.63, 3.8) is 0 Å². The molecule has 1 atom stereocenters. The molecule has 0 saturated heterocycles. The van der Waals surface area contributed by atoms with Crippen LogP contribution in [-0.4, -0.2) is 11.2 Å². The third kappa shape index (κ3) is 3.50. The van der Waals surface area contributed by atoms with Gasteiger partial charge < -0.3 is 9.84 Å². The molecule has 0 radical (unpaired) electrons. The van der Waals surface area contributed by atoms with Gasteiger partial charge in [0.05, 0.1) is 6.10 Å². The van der Waals surface area contributed by atoms with Crippen molar-refractivity contribution in [2.75, 3.05) is 0 Å². The molecule has 0 saturated carbocycles. The van der Waals surface area contributed by atoms with Gasteiger partial charge in [0.15, 0.2) is 0 Å². The van der Waals surface area contributed by atoms with Crippen LogP contribution in [0.25, 0.3) is 0 Å². The van der Waals surface area contributed by atoms with Crippen LogP contribution in [-0.2, 0) is 0 Å². The van der Waals surface area contributed by atoms with Crippen molar-refractivity contribution in [1.82, 2.24) is 0 Å². The van der Waals surface area contributed by atoms with Gasteiger partial charge in [-0.3, -0.25) is 0 Å². The number of hydrogen-bond acceptors (Lipinski definition) is 2. The van der Waals surface area contributed by atoms with Gasteiger partial charge in [-0.2, -0.15) is 0 Å². The molecule has 4 heteroatoms. The van der Waals surface area contributed by atoms with Gasteiger partial charge in [0.2, 0.25) is 0 Å². The summed E-state index contributed by atoms with van der Waals surface area (Å²) in [5, 5.41) is 10.5. The second-order valence-corrected chi connectivity index (χ2v) is 5.21. The van der Waals surface area contributed by atoms with Crippen molar-refractivity contribution in [1.29, 1.82) is 0 Å². The summed E-state index contributed by atoms with van der Waals surface area (Å²) in [4.78, 5) is 0. The first-order valence-electron chi connectivity index (χ1n) is 6.37. The summed E-state index contributed by atoms with van der Waals surface area (Å²) in [5.41, 5.74) is 1.15. The molecule has 2 nitrogen and oxygen atoms in total. The average molecular weight is 295 g/mol. The molecule has 0 heterocycles. The molecule has 1 unspecified atom stereocenters. The van der Waals surface area contributed by atoms with Gasteiger partial charge in [-0.15, -0.1) is 0 Å². The topological polar surface area (TPSA) is 29.5 Å². The van der Waals surface area contributed by atoms with Crippen molar-refractivity contribution in [2.45, 2.75) is 26.1 Å². The quantitative estimate of drug-likeness (QED) is 0.908. The van der Waals surface area contributed by atoms with E-state index in [1.807, 2.05) is 13.8 Å². The van der Waals surface area contributed by atoms with E-state index >= 15 is 0 Å². The predicted octanol–water partition coefficient (Wildman–Crippen LogP) is 4.35. The molecule has 0 aliphatic heterocycles. The smallest absolute Gasteiger partial charge is 0.124 e. The molecule has 2 aromatic rings. The highest BCUT2D eigenvalue weighted by atomic mass is 35.5. The van der Waals surface area contributed by atoms with E-state index < -0.39 is 11.9 Å². The van der Waals surface area contributed by atoms with E-state index in [1.165, 1.54) is 18.2 Å². The van der Waals surface area contributed by atoms with E-state index in [2.05, 4.69) is 0 Å². The van der Waals surface area contributed by atoms with Crippen molar-refractivity contribution >= 4 is 11.6 Å². The number of hydrogen-bond donors (Lipinski definition) is 1. The van der Waals surface area contributed by atoms with Gasteiger partial charge in [0.25, 0.3) is 0 Å². The minimum Gasteiger partial charge on any atom is -0.491 e. The highest BCUT2D eigenvalue weighted by molar-refractivity contribution is 6.31. The molecule has 2 rings (SSSR count). The van der Waals surface area contributed by atoms with Gasteiger partial charge >= 0.3 is 0 Å². The highest BCUT2D eigenvalue weighted by Crippen LogP contribution is 2.29. The fourth-order valence-electron chi connectivity index (χ4n) is 1.90. The lowest BCUT2D eigenvalue weighted by molar-refractivity contribution is 0.219. The Kier molecular flexibility index (Phi) is 4.63. The van der Waals surface area contributed by atoms with Crippen LogP contribution in [0.4, 0.5) is 4.39 Å². The van der Waals surface area contributed by atoms with Crippen LogP contribution in [0.1, 0.15) is 31.1 Å². The van der Waals surface area contributed by atoms with Gasteiger partial charge in [0, 0.05) is 10.6 Å². The minimum atomic E-state index is -0.892. The fraction of sp³-hybridized carbons (Fsp3) is 0.250. The lowest BCUT2D eigenvalue weighted by atomic mass is 10.0. The summed E-state index contributed by atoms with van der Waals surface area (Å²) in [5.74, 6) is 0.313. The second-order valence-electron chi connectivity index (χ2n) is 4.80. The van der Waals surface area contributed by atoms with E-state index in [4.69, 9.17) is 16.3 Å². The Balaban J connectivity index is 2.22. The maximum atomic E-state index is 13.0. The molecule has 0 amide bonds. The fourth-order valence-corrected chi connectivity index (χ4v) is 2.17. The Labute approximate surface area is 122 Å². The zero-order valence-electron chi connectivity index (χ0n) is 11.3. The Morgan fingerprint density at radius 3 is 2.30 bits per heavy atom. The molecule has 0 aliphatic carbocycles. The Morgan fingerprint density at radius 1 is 1.10 bits per heavy atom. The molecular weight excluding hydrogens is 279 g/mol. The zero-order valence-corrected chi connectivity index (χ0v) is 12.1. The van der Waals surface area contributed by atoms with E-state index in [9.17, 15) is 9.50 Å². The van der Waals surface area contributed by atoms with E-state index in [1.54, 1.807) is 24.3 Å². The molecule has 20 heavy (non-hydrogen) atoms. The van der Waals surface area contributed by atoms with Crippen LogP contribution in [0.5, 0.6) is 5.75 Å². The van der Waals surface area contributed by atoms with Crippen LogP contribution in [0.15, 0.2) is 42.5 Å². The zero-order chi connectivity index (χ0) is 14.7. The SMILES string of the molecule is CC(C)Oc1ccc(C(O)c2ccc(F)cc2Cl)cc1. The maximum absolute atomic E-state index is 13.0. The molecule has 0 aromatic heterocycles. The summed E-state index contributed by atoms with van der Waals surface area (Å²) in [6, 6.07) is 11.1. The van der Waals surface area contributed by atoms with E-state index in [0.29, 0.717) is 11.1 Å². The number of rotatable bonds is 4. The first kappa shape index (κ1) is 14.8. The van der Waals surface area contributed by atoms with Gasteiger partial charge in [-0.25, -0.2) is 4.39 Å². The van der Waals surface area contributed by atoms with Crippen molar-refractivity contribution in [2.24, 2.45) is 0 Å². The van der Waals surface area contributed by atoms with Crippen molar-refractivity contribution < 1.29 is 14.2 Å². The number of halogens is 2. The first-order chi connectivity index (χ1) is 9.47. The number of benzene rings is 2. The number of aliphatic hydroxyl groups is 1. The predicted molar refractivity (Wildman–Crippen MR) is 77.7 cm³/mol. The third-order valence-electron chi connectivity index (χ3n) is 2.82. The lowest BCUT2D eigenvalue weighted by Crippen LogP contribution is -2.06. The van der Waals surface area contributed by atoms with Gasteiger partial charge in [-0.05, 0) is 43.7 Å². The summed E-state index contributed by atoms with van der Waals surface area (Å²) in [6.07, 6.45) is -0.798. The summed E-state index contributed by atoms with van der Waals surface area (Å²) in [7, 11) is 0. The molecule has 0 spiro atoms.